The molecule has 0 saturated carbocycles. The van der Waals surface area contributed by atoms with Gasteiger partial charge in [-0.05, 0) is 30.2 Å². The van der Waals surface area contributed by atoms with Crippen LogP contribution in [0.25, 0.3) is 0 Å². The molecule has 0 aliphatic heterocycles. The largest absolute Gasteiger partial charge is 0.457 e. The van der Waals surface area contributed by atoms with E-state index in [2.05, 4.69) is 5.32 Å². The van der Waals surface area contributed by atoms with Crippen LogP contribution in [-0.4, -0.2) is 11.9 Å². The molecule has 2 rings (SSSR count). The standard InChI is InChI=1S/C18H19NO3/c1-2-7-17(20)19-16-11-6-10-15(12-16)18(21)22-13-14-8-4-3-5-9-14/h3-6,8-12H,2,7,13H2,1H3,(H,19,20). The molecule has 0 unspecified atom stereocenters. The fourth-order valence-corrected chi connectivity index (χ4v) is 1.98. The Hall–Kier alpha value is -2.62. The normalized spacial score (nSPS) is 10.0. The van der Waals surface area contributed by atoms with Crippen molar-refractivity contribution in [2.75, 3.05) is 5.32 Å². The average Bonchev–Trinajstić information content (AvgIpc) is 2.54. The van der Waals surface area contributed by atoms with Crippen LogP contribution in [0.2, 0.25) is 0 Å². The molecule has 0 atom stereocenters. The maximum Gasteiger partial charge on any atom is 0.338 e. The predicted molar refractivity (Wildman–Crippen MR) is 85.5 cm³/mol. The van der Waals surface area contributed by atoms with Gasteiger partial charge >= 0.3 is 5.97 Å². The van der Waals surface area contributed by atoms with E-state index in [1.165, 1.54) is 0 Å². The van der Waals surface area contributed by atoms with Crippen LogP contribution >= 0.6 is 0 Å². The Morgan fingerprint density at radius 3 is 2.55 bits per heavy atom. The molecule has 2 aromatic rings. The number of nitrogens with one attached hydrogen (secondary N) is 1. The summed E-state index contributed by atoms with van der Waals surface area (Å²) in [6, 6.07) is 16.3. The Kier molecular flexibility index (Phi) is 5.72. The van der Waals surface area contributed by atoms with Crippen LogP contribution in [0.15, 0.2) is 54.6 Å². The molecule has 4 heteroatoms. The second kappa shape index (κ2) is 7.98. The van der Waals surface area contributed by atoms with Gasteiger partial charge in [-0.15, -0.1) is 0 Å². The lowest BCUT2D eigenvalue weighted by Gasteiger charge is -2.08. The van der Waals surface area contributed by atoms with Crippen LogP contribution in [0.1, 0.15) is 35.7 Å². The van der Waals surface area contributed by atoms with E-state index in [0.29, 0.717) is 17.7 Å². The lowest BCUT2D eigenvalue weighted by molar-refractivity contribution is -0.116. The molecule has 4 nitrogen and oxygen atoms in total. The van der Waals surface area contributed by atoms with Crippen molar-refractivity contribution in [3.8, 4) is 0 Å². The Bertz CT molecular complexity index is 638. The lowest BCUT2D eigenvalue weighted by Crippen LogP contribution is -2.11. The summed E-state index contributed by atoms with van der Waals surface area (Å²) in [5, 5.41) is 2.77. The molecule has 0 aliphatic carbocycles. The van der Waals surface area contributed by atoms with Crippen molar-refractivity contribution in [3.05, 3.63) is 65.7 Å². The van der Waals surface area contributed by atoms with Gasteiger partial charge in [-0.1, -0.05) is 43.3 Å². The first-order valence-corrected chi connectivity index (χ1v) is 7.30. The highest BCUT2D eigenvalue weighted by Crippen LogP contribution is 2.13. The molecule has 0 saturated heterocycles. The third-order valence-electron chi connectivity index (χ3n) is 3.07. The van der Waals surface area contributed by atoms with Crippen LogP contribution in [0, 0.1) is 0 Å². The summed E-state index contributed by atoms with van der Waals surface area (Å²) >= 11 is 0. The Morgan fingerprint density at radius 2 is 1.82 bits per heavy atom. The molecule has 22 heavy (non-hydrogen) atoms. The van der Waals surface area contributed by atoms with Crippen LogP contribution in [0.5, 0.6) is 0 Å². The molecule has 1 N–H and O–H groups in total. The molecule has 0 spiro atoms. The van der Waals surface area contributed by atoms with Crippen molar-refractivity contribution in [2.45, 2.75) is 26.4 Å². The molecule has 0 fully saturated rings. The molecule has 0 radical (unpaired) electrons. The fourth-order valence-electron chi connectivity index (χ4n) is 1.98. The van der Waals surface area contributed by atoms with E-state index in [9.17, 15) is 9.59 Å². The van der Waals surface area contributed by atoms with Gasteiger partial charge in [-0.25, -0.2) is 4.79 Å². The fraction of sp³-hybridized carbons (Fsp3) is 0.222. The molecule has 0 heterocycles. The third-order valence-corrected chi connectivity index (χ3v) is 3.07. The number of benzene rings is 2. The van der Waals surface area contributed by atoms with Gasteiger partial charge in [0, 0.05) is 12.1 Å². The van der Waals surface area contributed by atoms with E-state index in [1.54, 1.807) is 24.3 Å². The summed E-state index contributed by atoms with van der Waals surface area (Å²) in [5.41, 5.74) is 1.96. The van der Waals surface area contributed by atoms with Crippen molar-refractivity contribution in [2.24, 2.45) is 0 Å². The zero-order valence-electron chi connectivity index (χ0n) is 12.5. The second-order valence-electron chi connectivity index (χ2n) is 4.94. The monoisotopic (exact) mass is 297 g/mol. The summed E-state index contributed by atoms with van der Waals surface area (Å²) in [5.74, 6) is -0.465. The van der Waals surface area contributed by atoms with Gasteiger partial charge in [-0.3, -0.25) is 4.79 Å². The van der Waals surface area contributed by atoms with E-state index >= 15 is 0 Å². The van der Waals surface area contributed by atoms with Gasteiger partial charge in [-0.2, -0.15) is 0 Å². The van der Waals surface area contributed by atoms with Crippen molar-refractivity contribution in [1.82, 2.24) is 0 Å². The number of anilines is 1. The first kappa shape index (κ1) is 15.8. The molecule has 0 bridgehead atoms. The molecular weight excluding hydrogens is 278 g/mol. The summed E-state index contributed by atoms with van der Waals surface area (Å²) in [6.45, 7) is 2.17. The zero-order valence-corrected chi connectivity index (χ0v) is 12.5. The molecule has 114 valence electrons. The van der Waals surface area contributed by atoms with Gasteiger partial charge in [0.25, 0.3) is 0 Å². The molecular formula is C18H19NO3. The van der Waals surface area contributed by atoms with Gasteiger partial charge in [0.1, 0.15) is 6.61 Å². The number of hydrogen-bond acceptors (Lipinski definition) is 3. The van der Waals surface area contributed by atoms with Crippen LogP contribution in [0.4, 0.5) is 5.69 Å². The Balaban J connectivity index is 1.96. The number of esters is 1. The van der Waals surface area contributed by atoms with Crippen molar-refractivity contribution in [1.29, 1.82) is 0 Å². The molecule has 0 aliphatic rings. The number of amides is 1. The average molecular weight is 297 g/mol. The Morgan fingerprint density at radius 1 is 1.05 bits per heavy atom. The maximum atomic E-state index is 12.0. The molecule has 0 aromatic heterocycles. The highest BCUT2D eigenvalue weighted by atomic mass is 16.5. The first-order valence-electron chi connectivity index (χ1n) is 7.30. The molecule has 2 aromatic carbocycles. The van der Waals surface area contributed by atoms with Crippen LogP contribution < -0.4 is 5.32 Å². The smallest absolute Gasteiger partial charge is 0.338 e. The number of ether oxygens (including phenoxy) is 1. The van der Waals surface area contributed by atoms with E-state index in [0.717, 1.165) is 12.0 Å². The minimum absolute atomic E-state index is 0.0581. The van der Waals surface area contributed by atoms with Gasteiger partial charge in [0.05, 0.1) is 5.56 Å². The third kappa shape index (κ3) is 4.74. The summed E-state index contributed by atoms with van der Waals surface area (Å²) in [6.07, 6.45) is 1.24. The minimum atomic E-state index is -0.407. The van der Waals surface area contributed by atoms with Crippen LogP contribution in [0.3, 0.4) is 0 Å². The topological polar surface area (TPSA) is 55.4 Å². The second-order valence-corrected chi connectivity index (χ2v) is 4.94. The van der Waals surface area contributed by atoms with Crippen molar-refractivity contribution >= 4 is 17.6 Å². The zero-order chi connectivity index (χ0) is 15.8. The van der Waals surface area contributed by atoms with Gasteiger partial charge in [0.2, 0.25) is 5.91 Å². The quantitative estimate of drug-likeness (QED) is 0.825. The van der Waals surface area contributed by atoms with Gasteiger partial charge in [0.15, 0.2) is 0 Å². The molecule has 1 amide bonds. The number of carbonyl (C=O) groups is 2. The van der Waals surface area contributed by atoms with Crippen molar-refractivity contribution < 1.29 is 14.3 Å². The van der Waals surface area contributed by atoms with Crippen molar-refractivity contribution in [3.63, 3.8) is 0 Å². The maximum absolute atomic E-state index is 12.0. The lowest BCUT2D eigenvalue weighted by atomic mass is 10.2. The number of rotatable bonds is 6. The van der Waals surface area contributed by atoms with E-state index in [1.807, 2.05) is 37.3 Å². The highest BCUT2D eigenvalue weighted by molar-refractivity contribution is 5.94. The first-order chi connectivity index (χ1) is 10.7. The van der Waals surface area contributed by atoms with E-state index in [-0.39, 0.29) is 12.5 Å². The summed E-state index contributed by atoms with van der Waals surface area (Å²) < 4.78 is 5.27. The summed E-state index contributed by atoms with van der Waals surface area (Å²) in [7, 11) is 0. The van der Waals surface area contributed by atoms with Gasteiger partial charge < -0.3 is 10.1 Å². The minimum Gasteiger partial charge on any atom is -0.457 e. The number of hydrogen-bond donors (Lipinski definition) is 1. The predicted octanol–water partition coefficient (Wildman–Crippen LogP) is 3.78. The van der Waals surface area contributed by atoms with Crippen LogP contribution in [-0.2, 0) is 16.1 Å². The van der Waals surface area contributed by atoms with E-state index in [4.69, 9.17) is 4.74 Å². The summed E-state index contributed by atoms with van der Waals surface area (Å²) in [4.78, 5) is 23.6. The SMILES string of the molecule is CCCC(=O)Nc1cccc(C(=O)OCc2ccccc2)c1. The van der Waals surface area contributed by atoms with E-state index < -0.39 is 5.97 Å². The Labute approximate surface area is 130 Å². The highest BCUT2D eigenvalue weighted by Gasteiger charge is 2.09. The number of carbonyl (C=O) groups excluding carboxylic acids is 2.